The van der Waals surface area contributed by atoms with Crippen LogP contribution in [0.1, 0.15) is 12.5 Å². The molecule has 2 aromatic rings. The molecule has 0 unspecified atom stereocenters. The van der Waals surface area contributed by atoms with Gasteiger partial charge in [-0.15, -0.1) is 0 Å². The number of nitrogens with zero attached hydrogens (tertiary/aromatic N) is 3. The number of pyridine rings is 1. The second-order valence-corrected chi connectivity index (χ2v) is 6.76. The van der Waals surface area contributed by atoms with Crippen LogP contribution in [0.4, 0.5) is 5.82 Å². The van der Waals surface area contributed by atoms with Gasteiger partial charge in [-0.1, -0.05) is 35.3 Å². The lowest BCUT2D eigenvalue weighted by Crippen LogP contribution is -2.28. The number of rotatable bonds is 3. The van der Waals surface area contributed by atoms with E-state index in [1.807, 2.05) is 19.1 Å². The Bertz CT molecular complexity index is 837. The molecule has 1 aliphatic heterocycles. The van der Waals surface area contributed by atoms with Gasteiger partial charge in [-0.05, 0) is 54.6 Å². The third-order valence-corrected chi connectivity index (χ3v) is 4.88. The van der Waals surface area contributed by atoms with Gasteiger partial charge < -0.3 is 0 Å². The van der Waals surface area contributed by atoms with Crippen LogP contribution in [0.25, 0.3) is 6.08 Å². The van der Waals surface area contributed by atoms with Crippen LogP contribution in [-0.2, 0) is 4.79 Å². The van der Waals surface area contributed by atoms with Crippen LogP contribution in [0.15, 0.2) is 52.5 Å². The van der Waals surface area contributed by atoms with E-state index in [-0.39, 0.29) is 5.91 Å². The van der Waals surface area contributed by atoms with Gasteiger partial charge in [0.1, 0.15) is 0 Å². The number of hydrogen-bond acceptors (Lipinski definition) is 4. The Morgan fingerprint density at radius 1 is 1.29 bits per heavy atom. The number of benzene rings is 1. The quantitative estimate of drug-likeness (QED) is 0.705. The van der Waals surface area contributed by atoms with Crippen molar-refractivity contribution in [2.24, 2.45) is 4.99 Å². The van der Waals surface area contributed by atoms with E-state index in [1.54, 1.807) is 41.4 Å². The predicted molar refractivity (Wildman–Crippen MR) is 101 cm³/mol. The molecule has 0 aliphatic carbocycles. The number of aromatic nitrogens is 1. The number of carbonyl (C=O) groups excluding carboxylic acids is 1. The highest BCUT2D eigenvalue weighted by Crippen LogP contribution is 2.35. The number of thioether (sulfide) groups is 1. The van der Waals surface area contributed by atoms with Crippen LogP contribution >= 0.6 is 35.0 Å². The first-order valence-electron chi connectivity index (χ1n) is 7.24. The highest BCUT2D eigenvalue weighted by Gasteiger charge is 2.32. The van der Waals surface area contributed by atoms with E-state index in [0.29, 0.717) is 32.5 Å². The molecule has 3 rings (SSSR count). The first-order valence-corrected chi connectivity index (χ1v) is 8.82. The van der Waals surface area contributed by atoms with Crippen LogP contribution in [-0.4, -0.2) is 27.5 Å². The van der Waals surface area contributed by atoms with Crippen molar-refractivity contribution in [3.05, 3.63) is 63.1 Å². The van der Waals surface area contributed by atoms with E-state index < -0.39 is 0 Å². The Kier molecular flexibility index (Phi) is 5.23. The van der Waals surface area contributed by atoms with Crippen molar-refractivity contribution in [3.63, 3.8) is 0 Å². The fourth-order valence-corrected chi connectivity index (χ4v) is 3.65. The molecule has 0 atom stereocenters. The van der Waals surface area contributed by atoms with Crippen molar-refractivity contribution in [1.82, 2.24) is 9.88 Å². The molecule has 0 bridgehead atoms. The van der Waals surface area contributed by atoms with E-state index in [1.165, 1.54) is 11.8 Å². The fourth-order valence-electron chi connectivity index (χ4n) is 2.15. The van der Waals surface area contributed by atoms with E-state index >= 15 is 0 Å². The van der Waals surface area contributed by atoms with Crippen LogP contribution in [0.3, 0.4) is 0 Å². The molecular weight excluding hydrogens is 365 g/mol. The van der Waals surface area contributed by atoms with Crippen molar-refractivity contribution in [2.75, 3.05) is 6.54 Å². The first-order chi connectivity index (χ1) is 11.6. The highest BCUT2D eigenvalue weighted by molar-refractivity contribution is 8.18. The maximum absolute atomic E-state index is 12.6. The lowest BCUT2D eigenvalue weighted by atomic mass is 10.2. The maximum Gasteiger partial charge on any atom is 0.266 e. The summed E-state index contributed by atoms with van der Waals surface area (Å²) < 4.78 is 0. The minimum atomic E-state index is -0.0943. The average molecular weight is 378 g/mol. The number of carbonyl (C=O) groups is 1. The molecule has 1 saturated heterocycles. The molecule has 1 aliphatic rings. The molecule has 0 saturated carbocycles. The number of likely N-dealkylation sites (N-methyl/N-ethyl adjacent to an activating group) is 1. The van der Waals surface area contributed by atoms with Gasteiger partial charge in [-0.25, -0.2) is 9.98 Å². The summed E-state index contributed by atoms with van der Waals surface area (Å²) in [6.07, 6.45) is 3.43. The van der Waals surface area contributed by atoms with Gasteiger partial charge >= 0.3 is 0 Å². The molecule has 24 heavy (non-hydrogen) atoms. The molecule has 0 radical (unpaired) electrons. The summed E-state index contributed by atoms with van der Waals surface area (Å²) in [5.74, 6) is 0.472. The molecule has 122 valence electrons. The Morgan fingerprint density at radius 2 is 2.12 bits per heavy atom. The summed E-state index contributed by atoms with van der Waals surface area (Å²) >= 11 is 13.4. The zero-order valence-corrected chi connectivity index (χ0v) is 15.1. The Morgan fingerprint density at radius 3 is 2.79 bits per heavy atom. The summed E-state index contributed by atoms with van der Waals surface area (Å²) in [5.41, 5.74) is 0.743. The standard InChI is InChI=1S/C17H13Cl2N3OS/c1-2-22-16(23)14(9-11-6-7-12(18)10-13(11)19)24-17(22)21-15-5-3-4-8-20-15/h3-10H,2H2,1H3/b14-9-,21-17+. The van der Waals surface area contributed by atoms with Crippen LogP contribution in [0.5, 0.6) is 0 Å². The summed E-state index contributed by atoms with van der Waals surface area (Å²) in [6, 6.07) is 10.7. The van der Waals surface area contributed by atoms with Crippen molar-refractivity contribution in [3.8, 4) is 0 Å². The third kappa shape index (κ3) is 3.64. The SMILES string of the molecule is CCN1C(=O)/C(=C/c2ccc(Cl)cc2Cl)S/C1=N/c1ccccn1. The fraction of sp³-hybridized carbons (Fsp3) is 0.118. The van der Waals surface area contributed by atoms with Crippen molar-refractivity contribution in [1.29, 1.82) is 0 Å². The lowest BCUT2D eigenvalue weighted by molar-refractivity contribution is -0.122. The minimum Gasteiger partial charge on any atom is -0.287 e. The number of halogens is 2. The van der Waals surface area contributed by atoms with Gasteiger partial charge in [0.25, 0.3) is 5.91 Å². The zero-order valence-electron chi connectivity index (χ0n) is 12.7. The average Bonchev–Trinajstić information content (AvgIpc) is 2.86. The zero-order chi connectivity index (χ0) is 17.1. The predicted octanol–water partition coefficient (Wildman–Crippen LogP) is 5.01. The molecule has 1 amide bonds. The topological polar surface area (TPSA) is 45.6 Å². The van der Waals surface area contributed by atoms with Gasteiger partial charge in [-0.3, -0.25) is 9.69 Å². The molecular formula is C17H13Cl2N3OS. The first kappa shape index (κ1) is 17.0. The number of amides is 1. The minimum absolute atomic E-state index is 0.0943. The normalized spacial score (nSPS) is 18.0. The molecule has 4 nitrogen and oxygen atoms in total. The van der Waals surface area contributed by atoms with Crippen LogP contribution in [0, 0.1) is 0 Å². The van der Waals surface area contributed by atoms with Gasteiger partial charge in [0, 0.05) is 22.8 Å². The van der Waals surface area contributed by atoms with Gasteiger partial charge in [0.2, 0.25) is 0 Å². The summed E-state index contributed by atoms with van der Waals surface area (Å²) in [5, 5.41) is 1.67. The van der Waals surface area contributed by atoms with Crippen molar-refractivity contribution in [2.45, 2.75) is 6.92 Å². The highest BCUT2D eigenvalue weighted by atomic mass is 35.5. The summed E-state index contributed by atoms with van der Waals surface area (Å²) in [7, 11) is 0. The van der Waals surface area contributed by atoms with E-state index in [0.717, 1.165) is 5.56 Å². The van der Waals surface area contributed by atoms with Crippen molar-refractivity contribution >= 4 is 57.9 Å². The third-order valence-electron chi connectivity index (χ3n) is 3.31. The molecule has 1 fully saturated rings. The largest absolute Gasteiger partial charge is 0.287 e. The molecule has 0 N–H and O–H groups in total. The van der Waals surface area contributed by atoms with Crippen LogP contribution in [0.2, 0.25) is 10.0 Å². The van der Waals surface area contributed by atoms with E-state index in [2.05, 4.69) is 9.98 Å². The number of aliphatic imine (C=N–C) groups is 1. The van der Waals surface area contributed by atoms with E-state index in [4.69, 9.17) is 23.2 Å². The molecule has 0 spiro atoms. The maximum atomic E-state index is 12.6. The molecule has 7 heteroatoms. The van der Waals surface area contributed by atoms with E-state index in [9.17, 15) is 4.79 Å². The molecule has 1 aromatic heterocycles. The smallest absolute Gasteiger partial charge is 0.266 e. The van der Waals surface area contributed by atoms with Crippen molar-refractivity contribution < 1.29 is 4.79 Å². The van der Waals surface area contributed by atoms with Gasteiger partial charge in [-0.2, -0.15) is 0 Å². The number of hydrogen-bond donors (Lipinski definition) is 0. The van der Waals surface area contributed by atoms with Crippen LogP contribution < -0.4 is 0 Å². The summed E-state index contributed by atoms with van der Waals surface area (Å²) in [4.78, 5) is 23.4. The Hall–Kier alpha value is -1.82. The number of amidine groups is 1. The Balaban J connectivity index is 1.95. The molecule has 2 heterocycles. The second kappa shape index (κ2) is 7.38. The lowest BCUT2D eigenvalue weighted by Gasteiger charge is -2.11. The Labute approximate surface area is 154 Å². The monoisotopic (exact) mass is 377 g/mol. The summed E-state index contributed by atoms with van der Waals surface area (Å²) in [6.45, 7) is 2.44. The molecule has 1 aromatic carbocycles. The van der Waals surface area contributed by atoms with Gasteiger partial charge in [0.05, 0.1) is 4.91 Å². The van der Waals surface area contributed by atoms with Gasteiger partial charge in [0.15, 0.2) is 11.0 Å². The second-order valence-electron chi connectivity index (χ2n) is 4.91.